The summed E-state index contributed by atoms with van der Waals surface area (Å²) in [6, 6.07) is -0.865. The number of amides is 2. The first-order chi connectivity index (χ1) is 8.95. The van der Waals surface area contributed by atoms with E-state index in [9.17, 15) is 9.59 Å². The van der Waals surface area contributed by atoms with Gasteiger partial charge in [-0.25, -0.2) is 0 Å². The second-order valence-corrected chi connectivity index (χ2v) is 4.52. The molecule has 108 valence electrons. The van der Waals surface area contributed by atoms with Gasteiger partial charge in [-0.15, -0.1) is 0 Å². The average molecular weight is 270 g/mol. The zero-order valence-electron chi connectivity index (χ0n) is 11.1. The molecule has 1 rings (SSSR count). The molecular formula is C11H22N6O2. The Kier molecular flexibility index (Phi) is 5.56. The van der Waals surface area contributed by atoms with Crippen LogP contribution in [0.3, 0.4) is 0 Å². The van der Waals surface area contributed by atoms with Crippen molar-refractivity contribution in [1.82, 2.24) is 10.2 Å². The Balaban J connectivity index is 2.54. The molecule has 0 saturated carbocycles. The van der Waals surface area contributed by atoms with Crippen LogP contribution in [0.1, 0.15) is 19.8 Å². The van der Waals surface area contributed by atoms with Crippen LogP contribution in [0.5, 0.6) is 0 Å². The van der Waals surface area contributed by atoms with E-state index in [1.54, 1.807) is 0 Å². The molecule has 0 spiro atoms. The minimum atomic E-state index is -0.610. The normalized spacial score (nSPS) is 23.7. The van der Waals surface area contributed by atoms with Crippen LogP contribution in [-0.2, 0) is 9.59 Å². The lowest BCUT2D eigenvalue weighted by molar-refractivity contribution is -0.136. The van der Waals surface area contributed by atoms with Crippen LogP contribution < -0.4 is 22.5 Å². The Morgan fingerprint density at radius 1 is 1.47 bits per heavy atom. The summed E-state index contributed by atoms with van der Waals surface area (Å²) in [7, 11) is 0. The van der Waals surface area contributed by atoms with E-state index in [0.29, 0.717) is 32.5 Å². The van der Waals surface area contributed by atoms with Gasteiger partial charge < -0.3 is 22.5 Å². The summed E-state index contributed by atoms with van der Waals surface area (Å²) >= 11 is 0. The van der Waals surface area contributed by atoms with E-state index in [2.05, 4.69) is 10.3 Å². The highest BCUT2D eigenvalue weighted by Crippen LogP contribution is 2.13. The third-order valence-electron chi connectivity index (χ3n) is 3.16. The Morgan fingerprint density at radius 2 is 2.16 bits per heavy atom. The van der Waals surface area contributed by atoms with Crippen molar-refractivity contribution >= 4 is 17.8 Å². The van der Waals surface area contributed by atoms with Gasteiger partial charge in [0.15, 0.2) is 5.96 Å². The van der Waals surface area contributed by atoms with E-state index < -0.39 is 11.9 Å². The summed E-state index contributed by atoms with van der Waals surface area (Å²) in [5, 5.41) is 2.64. The lowest BCUT2D eigenvalue weighted by Crippen LogP contribution is -2.63. The molecule has 0 aromatic carbocycles. The van der Waals surface area contributed by atoms with Gasteiger partial charge in [0.1, 0.15) is 6.04 Å². The number of aliphatic imine (C=N–C) groups is 1. The number of nitrogens with one attached hydrogen (secondary N) is 1. The van der Waals surface area contributed by atoms with Crippen molar-refractivity contribution in [2.75, 3.05) is 19.6 Å². The lowest BCUT2D eigenvalue weighted by atomic mass is 10.0. The third kappa shape index (κ3) is 4.40. The number of carbonyl (C=O) groups excluding carboxylic acids is 2. The minimum absolute atomic E-state index is 0.0502. The van der Waals surface area contributed by atoms with Gasteiger partial charge in [0.2, 0.25) is 11.8 Å². The van der Waals surface area contributed by atoms with Crippen molar-refractivity contribution in [3.05, 3.63) is 0 Å². The highest BCUT2D eigenvalue weighted by atomic mass is 16.2. The molecule has 0 bridgehead atoms. The first kappa shape index (κ1) is 15.2. The van der Waals surface area contributed by atoms with Crippen LogP contribution in [-0.4, -0.2) is 54.4 Å². The molecule has 2 unspecified atom stereocenters. The zero-order chi connectivity index (χ0) is 14.4. The van der Waals surface area contributed by atoms with Crippen molar-refractivity contribution in [3.63, 3.8) is 0 Å². The summed E-state index contributed by atoms with van der Waals surface area (Å²) in [5.41, 5.74) is 15.7. The highest BCUT2D eigenvalue weighted by Gasteiger charge is 2.35. The summed E-state index contributed by atoms with van der Waals surface area (Å²) < 4.78 is 0. The second kappa shape index (κ2) is 6.93. The first-order valence-electron chi connectivity index (χ1n) is 6.34. The minimum Gasteiger partial charge on any atom is -0.370 e. The molecule has 2 atom stereocenters. The van der Waals surface area contributed by atoms with Crippen LogP contribution in [0.4, 0.5) is 0 Å². The van der Waals surface area contributed by atoms with E-state index >= 15 is 0 Å². The number of nitrogens with zero attached hydrogens (tertiary/aromatic N) is 2. The van der Waals surface area contributed by atoms with Crippen molar-refractivity contribution in [3.8, 4) is 0 Å². The van der Waals surface area contributed by atoms with Crippen LogP contribution >= 0.6 is 0 Å². The third-order valence-corrected chi connectivity index (χ3v) is 3.16. The number of hydrogen-bond acceptors (Lipinski definition) is 4. The largest absolute Gasteiger partial charge is 0.370 e. The summed E-state index contributed by atoms with van der Waals surface area (Å²) in [6.45, 7) is 3.57. The van der Waals surface area contributed by atoms with Gasteiger partial charge in [-0.1, -0.05) is 6.92 Å². The Bertz CT molecular complexity index is 366. The van der Waals surface area contributed by atoms with Crippen molar-refractivity contribution in [2.24, 2.45) is 22.2 Å². The van der Waals surface area contributed by atoms with E-state index in [-0.39, 0.29) is 17.9 Å². The zero-order valence-corrected chi connectivity index (χ0v) is 11.1. The molecular weight excluding hydrogens is 248 g/mol. The second-order valence-electron chi connectivity index (χ2n) is 4.52. The predicted octanol–water partition coefficient (Wildman–Crippen LogP) is -2.29. The van der Waals surface area contributed by atoms with Crippen molar-refractivity contribution < 1.29 is 9.59 Å². The number of primary amides is 1. The maximum atomic E-state index is 12.0. The molecule has 0 aliphatic carbocycles. The maximum Gasteiger partial charge on any atom is 0.241 e. The van der Waals surface area contributed by atoms with E-state index in [1.165, 1.54) is 0 Å². The van der Waals surface area contributed by atoms with Crippen LogP contribution in [0.25, 0.3) is 0 Å². The summed E-state index contributed by atoms with van der Waals surface area (Å²) in [5.74, 6) is -0.624. The molecule has 1 fully saturated rings. The number of carbonyl (C=O) groups is 2. The Labute approximate surface area is 112 Å². The van der Waals surface area contributed by atoms with Gasteiger partial charge >= 0.3 is 0 Å². The van der Waals surface area contributed by atoms with Gasteiger partial charge in [-0.2, -0.15) is 0 Å². The number of rotatable bonds is 6. The maximum absolute atomic E-state index is 12.0. The smallest absolute Gasteiger partial charge is 0.241 e. The Hall–Kier alpha value is -1.83. The lowest BCUT2D eigenvalue weighted by Gasteiger charge is -2.37. The number of hydrogen-bond donors (Lipinski definition) is 4. The monoisotopic (exact) mass is 270 g/mol. The molecule has 8 nitrogen and oxygen atoms in total. The fourth-order valence-electron chi connectivity index (χ4n) is 2.16. The number of guanidine groups is 1. The van der Waals surface area contributed by atoms with Gasteiger partial charge in [-0.05, 0) is 19.4 Å². The number of piperazine rings is 1. The molecule has 8 heteroatoms. The molecule has 2 amide bonds. The number of likely N-dealkylation sites (N-methyl/N-ethyl adjacent to an activating group) is 1. The van der Waals surface area contributed by atoms with Crippen molar-refractivity contribution in [2.45, 2.75) is 31.8 Å². The molecule has 0 aromatic rings. The molecule has 19 heavy (non-hydrogen) atoms. The van der Waals surface area contributed by atoms with Gasteiger partial charge in [0.25, 0.3) is 0 Å². The molecule has 1 aliphatic heterocycles. The van der Waals surface area contributed by atoms with Gasteiger partial charge in [-0.3, -0.25) is 19.5 Å². The topological polar surface area (TPSA) is 140 Å². The standard InChI is InChI=1S/C11H22N6O2/c1-2-17-6-7(9(12)18)16-10(19)8(17)4-3-5-15-11(13)14/h7-8H,2-6H2,1H3,(H2,12,18)(H,16,19)(H4,13,14,15). The molecule has 1 heterocycles. The molecule has 7 N–H and O–H groups in total. The highest BCUT2D eigenvalue weighted by molar-refractivity contribution is 5.90. The quantitative estimate of drug-likeness (QED) is 0.244. The van der Waals surface area contributed by atoms with E-state index in [4.69, 9.17) is 17.2 Å². The van der Waals surface area contributed by atoms with Crippen LogP contribution in [0.15, 0.2) is 4.99 Å². The number of nitrogens with two attached hydrogens (primary N) is 3. The molecule has 0 radical (unpaired) electrons. The predicted molar refractivity (Wildman–Crippen MR) is 72.1 cm³/mol. The molecule has 0 aromatic heterocycles. The molecule has 1 aliphatic rings. The average Bonchev–Trinajstić information content (AvgIpc) is 2.34. The van der Waals surface area contributed by atoms with E-state index in [0.717, 1.165) is 0 Å². The van der Waals surface area contributed by atoms with Crippen LogP contribution in [0.2, 0.25) is 0 Å². The van der Waals surface area contributed by atoms with Gasteiger partial charge in [0.05, 0.1) is 6.04 Å². The fourth-order valence-corrected chi connectivity index (χ4v) is 2.16. The SMILES string of the molecule is CCN1CC(C(N)=O)NC(=O)C1CCCN=C(N)N. The van der Waals surface area contributed by atoms with Gasteiger partial charge in [0, 0.05) is 13.1 Å². The molecule has 1 saturated heterocycles. The van der Waals surface area contributed by atoms with Crippen molar-refractivity contribution in [1.29, 1.82) is 0 Å². The fraction of sp³-hybridized carbons (Fsp3) is 0.727. The van der Waals surface area contributed by atoms with Crippen LogP contribution in [0, 0.1) is 0 Å². The Morgan fingerprint density at radius 3 is 2.68 bits per heavy atom. The first-order valence-corrected chi connectivity index (χ1v) is 6.34. The van der Waals surface area contributed by atoms with E-state index in [1.807, 2.05) is 11.8 Å². The summed E-state index contributed by atoms with van der Waals surface area (Å²) in [4.78, 5) is 28.9. The summed E-state index contributed by atoms with van der Waals surface area (Å²) in [6.07, 6.45) is 1.34.